The van der Waals surface area contributed by atoms with E-state index in [0.717, 1.165) is 8.95 Å². The standard InChI is InChI=1S/C37H43Br4N9O19/c38-27-28(39)30(41)32-31(29(27)40)44-13-50(32)12-21(53)42-5-3-1-2-4-19(51)43-11-20(52)45-14(6-22(54)55)33(64)46-15(7-23(56)57)34(65)47-16(8-24(58)59)35(66)48-17(9-25(60)61)36(67)49-18(37(68)69)10-26(62)63/h13-18H,1-12H2,(H,42,53)(H,43,51)(H,45,52)(H,46,64)(H,47,65)(H,48,66)(H,49,67)(H,54,55)(H,56,57)(H,58,59)(H,60,61)(H,62,63)(H,68,69)/t14-,15-,16-,17-,18-/m0/s1. The topological polar surface area (TPSA) is 445 Å². The van der Waals surface area contributed by atoms with Gasteiger partial charge in [0.25, 0.3) is 0 Å². The van der Waals surface area contributed by atoms with E-state index in [1.165, 1.54) is 6.33 Å². The van der Waals surface area contributed by atoms with Gasteiger partial charge >= 0.3 is 35.8 Å². The Bertz CT molecular complexity index is 2360. The van der Waals surface area contributed by atoms with Crippen molar-refractivity contribution in [2.24, 2.45) is 0 Å². The maximum Gasteiger partial charge on any atom is 0.326 e. The number of imidazole rings is 1. The van der Waals surface area contributed by atoms with Crippen LogP contribution in [-0.4, -0.2) is 161 Å². The maximum atomic E-state index is 13.3. The number of halogens is 4. The number of aliphatic carboxylic acids is 6. The van der Waals surface area contributed by atoms with Gasteiger partial charge in [-0.3, -0.25) is 57.5 Å². The Morgan fingerprint density at radius 2 is 0.884 bits per heavy atom. The van der Waals surface area contributed by atoms with Gasteiger partial charge in [0.2, 0.25) is 41.4 Å². The van der Waals surface area contributed by atoms with E-state index in [2.05, 4.69) is 79.3 Å². The van der Waals surface area contributed by atoms with Crippen molar-refractivity contribution in [3.63, 3.8) is 0 Å². The second-order valence-corrected chi connectivity index (χ2v) is 17.6. The smallest absolute Gasteiger partial charge is 0.326 e. The highest BCUT2D eigenvalue weighted by molar-refractivity contribution is 9.15. The number of carbonyl (C=O) groups is 13. The summed E-state index contributed by atoms with van der Waals surface area (Å²) in [6.45, 7) is -0.528. The molecule has 0 aliphatic rings. The number of benzene rings is 1. The molecule has 2 aromatic rings. The molecule has 0 saturated carbocycles. The fourth-order valence-electron chi connectivity index (χ4n) is 5.83. The first-order valence-corrected chi connectivity index (χ1v) is 22.9. The van der Waals surface area contributed by atoms with Crippen LogP contribution in [-0.2, 0) is 68.9 Å². The Morgan fingerprint density at radius 1 is 0.478 bits per heavy atom. The molecule has 0 radical (unpaired) electrons. The zero-order valence-electron chi connectivity index (χ0n) is 35.3. The van der Waals surface area contributed by atoms with E-state index in [9.17, 15) is 87.9 Å². The van der Waals surface area contributed by atoms with Gasteiger partial charge in [0, 0.05) is 21.9 Å². The third-order valence-electron chi connectivity index (χ3n) is 9.05. The van der Waals surface area contributed by atoms with Crippen LogP contribution in [0.4, 0.5) is 0 Å². The van der Waals surface area contributed by atoms with Crippen molar-refractivity contribution >= 4 is 152 Å². The predicted molar refractivity (Wildman–Crippen MR) is 244 cm³/mol. The molecule has 1 aromatic heterocycles. The van der Waals surface area contributed by atoms with Crippen molar-refractivity contribution < 1.29 is 93.0 Å². The molecule has 0 bridgehead atoms. The lowest BCUT2D eigenvalue weighted by Gasteiger charge is -2.25. The first-order chi connectivity index (χ1) is 32.2. The second kappa shape index (κ2) is 28.3. The van der Waals surface area contributed by atoms with Crippen LogP contribution in [0, 0.1) is 0 Å². The number of carboxylic acids is 6. The van der Waals surface area contributed by atoms with E-state index in [4.69, 9.17) is 5.11 Å². The van der Waals surface area contributed by atoms with Gasteiger partial charge in [-0.05, 0) is 76.6 Å². The van der Waals surface area contributed by atoms with Crippen LogP contribution in [0.1, 0.15) is 57.8 Å². The summed E-state index contributed by atoms with van der Waals surface area (Å²) in [5.74, 6) is -18.9. The van der Waals surface area contributed by atoms with Crippen LogP contribution in [0.2, 0.25) is 0 Å². The summed E-state index contributed by atoms with van der Waals surface area (Å²) in [6, 6.07) is -10.8. The zero-order chi connectivity index (χ0) is 52.3. The SMILES string of the molecule is O=C(O)C[C@H](NC(=O)[C@H](CC(=O)O)NC(=O)[C@H](CC(=O)O)NC(=O)[C@H](CC(=O)O)NC(=O)[C@H](CC(=O)O)NC(=O)CNC(=O)CCCCCNC(=O)Cn1cnc2c(Br)c(Br)c(Br)c(Br)c21)C(=O)O. The van der Waals surface area contributed by atoms with Crippen LogP contribution in [0.3, 0.4) is 0 Å². The summed E-state index contributed by atoms with van der Waals surface area (Å²) in [5, 5.41) is 69.8. The number of hydrogen-bond acceptors (Lipinski definition) is 14. The van der Waals surface area contributed by atoms with E-state index in [1.54, 1.807) is 15.2 Å². The van der Waals surface area contributed by atoms with Crippen molar-refractivity contribution in [3.8, 4) is 0 Å². The highest BCUT2D eigenvalue weighted by Crippen LogP contribution is 2.43. The average Bonchev–Trinajstić information content (AvgIpc) is 3.66. The van der Waals surface area contributed by atoms with Gasteiger partial charge in [-0.25, -0.2) is 9.78 Å². The molecule has 1 aromatic carbocycles. The van der Waals surface area contributed by atoms with Gasteiger partial charge in [0.05, 0.1) is 59.4 Å². The lowest BCUT2D eigenvalue weighted by Crippen LogP contribution is -2.60. The molecule has 0 saturated heterocycles. The van der Waals surface area contributed by atoms with Crippen molar-refractivity contribution in [1.29, 1.82) is 0 Å². The molecule has 0 fully saturated rings. The van der Waals surface area contributed by atoms with Crippen molar-refractivity contribution in [1.82, 2.24) is 46.8 Å². The summed E-state index contributed by atoms with van der Waals surface area (Å²) in [7, 11) is 0. The number of carbonyl (C=O) groups excluding carboxylic acids is 7. The average molecular weight is 1240 g/mol. The van der Waals surface area contributed by atoms with Gasteiger partial charge in [-0.1, -0.05) is 6.42 Å². The molecule has 2 rings (SSSR count). The maximum absolute atomic E-state index is 13.3. The molecule has 7 amide bonds. The summed E-state index contributed by atoms with van der Waals surface area (Å²) in [6.07, 6.45) is -3.52. The molecule has 0 spiro atoms. The minimum absolute atomic E-state index is 0.0340. The Labute approximate surface area is 421 Å². The second-order valence-electron chi connectivity index (χ2n) is 14.5. The first kappa shape index (κ1) is 58.8. The van der Waals surface area contributed by atoms with Crippen LogP contribution in [0.15, 0.2) is 24.2 Å². The minimum atomic E-state index is -2.27. The Kier molecular flexibility index (Phi) is 24.1. The Hall–Kier alpha value is -6.28. The lowest BCUT2D eigenvalue weighted by molar-refractivity contribution is -0.148. The van der Waals surface area contributed by atoms with Gasteiger partial charge in [-0.2, -0.15) is 0 Å². The molecule has 0 aliphatic carbocycles. The number of nitrogens with zero attached hydrogens (tertiary/aromatic N) is 2. The third kappa shape index (κ3) is 20.1. The normalized spacial score (nSPS) is 13.0. The number of unbranched alkanes of at least 4 members (excludes halogenated alkanes) is 2. The Balaban J connectivity index is 1.99. The molecule has 378 valence electrons. The number of fused-ring (bicyclic) bond motifs is 1. The van der Waals surface area contributed by atoms with Crippen molar-refractivity contribution in [3.05, 3.63) is 24.2 Å². The minimum Gasteiger partial charge on any atom is -0.481 e. The van der Waals surface area contributed by atoms with Crippen LogP contribution >= 0.6 is 63.7 Å². The largest absolute Gasteiger partial charge is 0.481 e. The predicted octanol–water partition coefficient (Wildman–Crippen LogP) is -1.24. The summed E-state index contributed by atoms with van der Waals surface area (Å²) >= 11 is 13.9. The highest BCUT2D eigenvalue weighted by atomic mass is 79.9. The quantitative estimate of drug-likeness (QED) is 0.0247. The number of amides is 7. The van der Waals surface area contributed by atoms with Crippen LogP contribution in [0.5, 0.6) is 0 Å². The molecule has 1 heterocycles. The molecule has 32 heteroatoms. The van der Waals surface area contributed by atoms with Crippen molar-refractivity contribution in [2.75, 3.05) is 13.1 Å². The number of rotatable bonds is 30. The molecule has 0 unspecified atom stereocenters. The van der Waals surface area contributed by atoms with Gasteiger partial charge < -0.3 is 72.4 Å². The third-order valence-corrected chi connectivity index (χ3v) is 13.8. The summed E-state index contributed by atoms with van der Waals surface area (Å²) in [4.78, 5) is 163. The van der Waals surface area contributed by atoms with Gasteiger partial charge in [0.1, 0.15) is 42.3 Å². The van der Waals surface area contributed by atoms with Gasteiger partial charge in [-0.15, -0.1) is 0 Å². The number of nitrogens with one attached hydrogen (secondary N) is 7. The molecule has 13 N–H and O–H groups in total. The summed E-state index contributed by atoms with van der Waals surface area (Å²) < 4.78 is 4.49. The lowest BCUT2D eigenvalue weighted by atomic mass is 10.1. The van der Waals surface area contributed by atoms with Crippen LogP contribution in [0.25, 0.3) is 11.0 Å². The van der Waals surface area contributed by atoms with E-state index < -0.39 is 140 Å². The van der Waals surface area contributed by atoms with E-state index in [1.807, 2.05) is 16.0 Å². The van der Waals surface area contributed by atoms with E-state index in [-0.39, 0.29) is 25.4 Å². The molecule has 0 aliphatic heterocycles. The number of carboxylic acid groups (broad SMARTS) is 6. The molecule has 28 nitrogen and oxygen atoms in total. The molecular formula is C37H43Br4N9O19. The zero-order valence-corrected chi connectivity index (χ0v) is 41.7. The molecular weight excluding hydrogens is 1190 g/mol. The van der Waals surface area contributed by atoms with Gasteiger partial charge in [0.15, 0.2) is 0 Å². The van der Waals surface area contributed by atoms with Crippen molar-refractivity contribution in [2.45, 2.75) is 94.5 Å². The highest BCUT2D eigenvalue weighted by Gasteiger charge is 2.36. The fourth-order valence-corrected chi connectivity index (χ4v) is 8.24. The number of hydrogen-bond donors (Lipinski definition) is 13. The van der Waals surface area contributed by atoms with Crippen LogP contribution < -0.4 is 37.2 Å². The Morgan fingerprint density at radius 3 is 1.32 bits per heavy atom. The van der Waals surface area contributed by atoms with E-state index >= 15 is 0 Å². The summed E-state index contributed by atoms with van der Waals surface area (Å²) in [5.41, 5.74) is 1.29. The first-order valence-electron chi connectivity index (χ1n) is 19.7. The number of aromatic nitrogens is 2. The van der Waals surface area contributed by atoms with E-state index in [0.29, 0.717) is 39.2 Å². The fraction of sp³-hybridized carbons (Fsp3) is 0.459. The molecule has 5 atom stereocenters. The monoisotopic (exact) mass is 1230 g/mol. The molecule has 69 heavy (non-hydrogen) atoms.